The summed E-state index contributed by atoms with van der Waals surface area (Å²) < 4.78 is 10.5. The number of esters is 1. The first kappa shape index (κ1) is 15.6. The third kappa shape index (κ3) is 3.41. The number of methoxy groups -OCH3 is 1. The van der Waals surface area contributed by atoms with Crippen LogP contribution in [0.5, 0.6) is 5.75 Å². The van der Waals surface area contributed by atoms with Crippen LogP contribution in [-0.2, 0) is 9.53 Å². The number of carbonyl (C=O) groups excluding carboxylic acids is 2. The fraction of sp³-hybridized carbons (Fsp3) is 0.529. The lowest BCUT2D eigenvalue weighted by molar-refractivity contribution is -0.146. The largest absolute Gasteiger partial charge is 0.497 e. The fourth-order valence-corrected chi connectivity index (χ4v) is 3.26. The van der Waals surface area contributed by atoms with Gasteiger partial charge >= 0.3 is 12.0 Å². The molecule has 3 rings (SSSR count). The lowest BCUT2D eigenvalue weighted by Crippen LogP contribution is -2.42. The van der Waals surface area contributed by atoms with Crippen LogP contribution >= 0.6 is 0 Å². The van der Waals surface area contributed by atoms with Crippen molar-refractivity contribution in [3.05, 3.63) is 29.8 Å². The van der Waals surface area contributed by atoms with Gasteiger partial charge in [0.2, 0.25) is 0 Å². The second kappa shape index (κ2) is 6.48. The first-order valence-electron chi connectivity index (χ1n) is 7.97. The Bertz CT molecular complexity index is 587. The van der Waals surface area contributed by atoms with Gasteiger partial charge in [0.05, 0.1) is 19.1 Å². The van der Waals surface area contributed by atoms with E-state index in [1.54, 1.807) is 12.0 Å². The normalized spacial score (nSPS) is 26.0. The highest BCUT2D eigenvalue weighted by molar-refractivity contribution is 5.77. The van der Waals surface area contributed by atoms with Gasteiger partial charge < -0.3 is 20.1 Å². The molecule has 1 heterocycles. The average Bonchev–Trinajstić information content (AvgIpc) is 3.22. The van der Waals surface area contributed by atoms with Crippen LogP contribution in [0, 0.1) is 5.92 Å². The number of hydrogen-bond donors (Lipinski definition) is 1. The molecular weight excluding hydrogens is 296 g/mol. The summed E-state index contributed by atoms with van der Waals surface area (Å²) in [5.41, 5.74) is 6.46. The van der Waals surface area contributed by atoms with Crippen molar-refractivity contribution in [2.75, 3.05) is 20.3 Å². The molecule has 6 heteroatoms. The molecule has 3 unspecified atom stereocenters. The van der Waals surface area contributed by atoms with Gasteiger partial charge in [0.25, 0.3) is 0 Å². The summed E-state index contributed by atoms with van der Waals surface area (Å²) in [4.78, 5) is 25.0. The van der Waals surface area contributed by atoms with Gasteiger partial charge in [-0.1, -0.05) is 12.1 Å². The maximum Gasteiger partial charge on any atom is 0.315 e. The number of hydrogen-bond acceptors (Lipinski definition) is 4. The number of benzene rings is 1. The summed E-state index contributed by atoms with van der Waals surface area (Å²) in [5.74, 6) is 0.777. The monoisotopic (exact) mass is 318 g/mol. The summed E-state index contributed by atoms with van der Waals surface area (Å²) in [6.07, 6.45) is 2.56. The summed E-state index contributed by atoms with van der Waals surface area (Å²) in [5, 5.41) is 0. The lowest BCUT2D eigenvalue weighted by Gasteiger charge is -2.22. The van der Waals surface area contributed by atoms with Crippen LogP contribution in [-0.4, -0.2) is 43.2 Å². The van der Waals surface area contributed by atoms with Crippen molar-refractivity contribution in [3.63, 3.8) is 0 Å². The number of nitrogens with two attached hydrogens (primary N) is 1. The van der Waals surface area contributed by atoms with Crippen molar-refractivity contribution in [1.82, 2.24) is 4.90 Å². The number of nitrogens with zero attached hydrogens (tertiary/aromatic N) is 1. The zero-order valence-corrected chi connectivity index (χ0v) is 13.2. The molecule has 2 amide bonds. The molecule has 2 aliphatic rings. The Hall–Kier alpha value is -2.24. The molecule has 2 fully saturated rings. The number of ether oxygens (including phenoxy) is 2. The second-order valence-electron chi connectivity index (χ2n) is 6.18. The minimum atomic E-state index is -0.439. The van der Waals surface area contributed by atoms with Crippen LogP contribution < -0.4 is 10.5 Å². The van der Waals surface area contributed by atoms with Gasteiger partial charge in [-0.05, 0) is 42.9 Å². The lowest BCUT2D eigenvalue weighted by atomic mass is 10.1. The first-order chi connectivity index (χ1) is 11.1. The molecule has 1 saturated carbocycles. The van der Waals surface area contributed by atoms with Gasteiger partial charge in [-0.2, -0.15) is 0 Å². The molecule has 0 aromatic heterocycles. The predicted octanol–water partition coefficient (Wildman–Crippen LogP) is 1.88. The molecule has 1 aromatic carbocycles. The van der Waals surface area contributed by atoms with Crippen LogP contribution in [0.2, 0.25) is 0 Å². The molecule has 1 aliphatic heterocycles. The molecule has 1 aliphatic carbocycles. The third-order valence-electron chi connectivity index (χ3n) is 4.72. The predicted molar refractivity (Wildman–Crippen MR) is 84.1 cm³/mol. The van der Waals surface area contributed by atoms with Crippen LogP contribution in [0.1, 0.15) is 30.7 Å². The molecule has 2 N–H and O–H groups in total. The maximum absolute atomic E-state index is 12.2. The summed E-state index contributed by atoms with van der Waals surface area (Å²) >= 11 is 0. The molecule has 124 valence electrons. The Morgan fingerprint density at radius 1 is 1.30 bits per heavy atom. The Morgan fingerprint density at radius 2 is 2.04 bits per heavy atom. The first-order valence-corrected chi connectivity index (χ1v) is 7.97. The van der Waals surface area contributed by atoms with E-state index in [4.69, 9.17) is 15.2 Å². The topological polar surface area (TPSA) is 81.9 Å². The number of likely N-dealkylation sites (tertiary alicyclic amines) is 1. The Morgan fingerprint density at radius 3 is 2.70 bits per heavy atom. The smallest absolute Gasteiger partial charge is 0.315 e. The van der Waals surface area contributed by atoms with E-state index in [0.717, 1.165) is 30.6 Å². The number of primary amides is 1. The summed E-state index contributed by atoms with van der Waals surface area (Å²) in [7, 11) is 1.63. The van der Waals surface area contributed by atoms with Crippen molar-refractivity contribution in [3.8, 4) is 5.75 Å². The van der Waals surface area contributed by atoms with Gasteiger partial charge in [-0.25, -0.2) is 4.79 Å². The molecule has 0 bridgehead atoms. The molecule has 0 radical (unpaired) electrons. The van der Waals surface area contributed by atoms with Gasteiger partial charge in [-0.3, -0.25) is 4.79 Å². The van der Waals surface area contributed by atoms with Crippen LogP contribution in [0.15, 0.2) is 24.3 Å². The Balaban J connectivity index is 1.49. The molecular formula is C17H22N2O4. The number of amides is 2. The molecule has 3 atom stereocenters. The summed E-state index contributed by atoms with van der Waals surface area (Å²) in [6, 6.07) is 7.27. The SMILES string of the molecule is COc1ccc(C2CC2C(=O)OCC2CCCN2C(N)=O)cc1. The van der Waals surface area contributed by atoms with E-state index in [9.17, 15) is 9.59 Å². The van der Waals surface area contributed by atoms with Gasteiger partial charge in [-0.15, -0.1) is 0 Å². The third-order valence-corrected chi connectivity index (χ3v) is 4.72. The van der Waals surface area contributed by atoms with Crippen molar-refractivity contribution < 1.29 is 19.1 Å². The van der Waals surface area contributed by atoms with E-state index in [0.29, 0.717) is 6.54 Å². The van der Waals surface area contributed by atoms with E-state index in [2.05, 4.69) is 0 Å². The molecule has 6 nitrogen and oxygen atoms in total. The van der Waals surface area contributed by atoms with Crippen LogP contribution in [0.3, 0.4) is 0 Å². The Labute approximate surface area is 135 Å². The molecule has 1 aromatic rings. The number of urea groups is 1. The van der Waals surface area contributed by atoms with E-state index in [1.165, 1.54) is 0 Å². The van der Waals surface area contributed by atoms with Gasteiger partial charge in [0.15, 0.2) is 0 Å². The highest BCUT2D eigenvalue weighted by Gasteiger charge is 2.45. The minimum absolute atomic E-state index is 0.0744. The number of rotatable bonds is 5. The van der Waals surface area contributed by atoms with E-state index < -0.39 is 6.03 Å². The summed E-state index contributed by atoms with van der Waals surface area (Å²) in [6.45, 7) is 0.892. The molecule has 1 saturated heterocycles. The molecule has 0 spiro atoms. The van der Waals surface area contributed by atoms with Gasteiger partial charge in [0, 0.05) is 6.54 Å². The van der Waals surface area contributed by atoms with Crippen LogP contribution in [0.25, 0.3) is 0 Å². The van der Waals surface area contributed by atoms with Crippen molar-refractivity contribution in [2.45, 2.75) is 31.2 Å². The van der Waals surface area contributed by atoms with E-state index in [-0.39, 0.29) is 30.5 Å². The highest BCUT2D eigenvalue weighted by atomic mass is 16.5. The second-order valence-corrected chi connectivity index (χ2v) is 6.18. The Kier molecular flexibility index (Phi) is 4.41. The standard InChI is InChI=1S/C17H22N2O4/c1-22-13-6-4-11(5-7-13)14-9-15(14)16(20)23-10-12-3-2-8-19(12)17(18)21/h4-7,12,14-15H,2-3,8-10H2,1H3,(H2,18,21). The highest BCUT2D eigenvalue weighted by Crippen LogP contribution is 2.48. The van der Waals surface area contributed by atoms with Crippen molar-refractivity contribution in [2.24, 2.45) is 11.7 Å². The quantitative estimate of drug-likeness (QED) is 0.841. The minimum Gasteiger partial charge on any atom is -0.497 e. The molecule has 23 heavy (non-hydrogen) atoms. The fourth-order valence-electron chi connectivity index (χ4n) is 3.26. The average molecular weight is 318 g/mol. The number of carbonyl (C=O) groups is 2. The zero-order valence-electron chi connectivity index (χ0n) is 13.2. The van der Waals surface area contributed by atoms with E-state index in [1.807, 2.05) is 24.3 Å². The maximum atomic E-state index is 12.2. The van der Waals surface area contributed by atoms with Crippen LogP contribution in [0.4, 0.5) is 4.79 Å². The van der Waals surface area contributed by atoms with E-state index >= 15 is 0 Å². The zero-order chi connectivity index (χ0) is 16.4. The van der Waals surface area contributed by atoms with Gasteiger partial charge in [0.1, 0.15) is 12.4 Å². The van der Waals surface area contributed by atoms with Crippen molar-refractivity contribution >= 4 is 12.0 Å². The van der Waals surface area contributed by atoms with Crippen molar-refractivity contribution in [1.29, 1.82) is 0 Å².